The summed E-state index contributed by atoms with van der Waals surface area (Å²) in [6.45, 7) is 1.41. The zero-order chi connectivity index (χ0) is 23.1. The number of amides is 1. The normalized spacial score (nSPS) is 11.6. The molecule has 1 unspecified atom stereocenters. The van der Waals surface area contributed by atoms with Gasteiger partial charge in [-0.15, -0.1) is 0 Å². The Bertz CT molecular complexity index is 1120. The van der Waals surface area contributed by atoms with Crippen molar-refractivity contribution >= 4 is 35.1 Å². The molecule has 0 aliphatic carbocycles. The van der Waals surface area contributed by atoms with Crippen LogP contribution >= 0.6 is 11.8 Å². The van der Waals surface area contributed by atoms with E-state index in [1.165, 1.54) is 37.3 Å². The van der Waals surface area contributed by atoms with Crippen LogP contribution in [-0.2, 0) is 9.53 Å². The molecule has 0 radical (unpaired) electrons. The fourth-order valence-electron chi connectivity index (χ4n) is 2.93. The number of esters is 1. The highest BCUT2D eigenvalue weighted by molar-refractivity contribution is 7.99. The Balaban J connectivity index is 1.88. The van der Waals surface area contributed by atoms with Gasteiger partial charge in [0.2, 0.25) is 6.10 Å². The number of hydrogen-bond donors (Lipinski definition) is 1. The highest BCUT2D eigenvalue weighted by Crippen LogP contribution is 2.30. The van der Waals surface area contributed by atoms with Gasteiger partial charge in [0.1, 0.15) is 0 Å². The fourth-order valence-corrected chi connectivity index (χ4v) is 3.56. The number of carbonyl (C=O) groups excluding carboxylic acids is 3. The third-order valence-electron chi connectivity index (χ3n) is 4.43. The standard InChI is InChI=1S/C24H19F2NO4S/c1-15(28)17-10-7-11-18(14-17)27-22(29)21(16-8-3-2-4-9-16)31-23(30)19-12-5-6-13-20(19)32-24(25)26/h2-14,21,24H,1H3,(H,27,29). The molecule has 0 aliphatic rings. The van der Waals surface area contributed by atoms with E-state index in [0.717, 1.165) is 0 Å². The highest BCUT2D eigenvalue weighted by atomic mass is 32.2. The number of thioether (sulfide) groups is 1. The number of carbonyl (C=O) groups is 3. The highest BCUT2D eigenvalue weighted by Gasteiger charge is 2.27. The van der Waals surface area contributed by atoms with Crippen molar-refractivity contribution in [1.82, 2.24) is 0 Å². The van der Waals surface area contributed by atoms with Crippen molar-refractivity contribution in [3.63, 3.8) is 0 Å². The Kier molecular flexibility index (Phi) is 7.72. The van der Waals surface area contributed by atoms with E-state index in [2.05, 4.69) is 5.32 Å². The maximum absolute atomic E-state index is 13.0. The molecule has 0 saturated carbocycles. The largest absolute Gasteiger partial charge is 0.444 e. The lowest BCUT2D eigenvalue weighted by atomic mass is 10.1. The maximum atomic E-state index is 13.0. The van der Waals surface area contributed by atoms with Gasteiger partial charge in [-0.05, 0) is 31.2 Å². The molecule has 1 N–H and O–H groups in total. The molecule has 3 rings (SSSR count). The van der Waals surface area contributed by atoms with Crippen LogP contribution in [0, 0.1) is 0 Å². The summed E-state index contributed by atoms with van der Waals surface area (Å²) in [5.74, 6) is -4.44. The molecule has 32 heavy (non-hydrogen) atoms. The van der Waals surface area contributed by atoms with Crippen LogP contribution in [0.5, 0.6) is 0 Å². The quantitative estimate of drug-likeness (QED) is 0.266. The van der Waals surface area contributed by atoms with Crippen molar-refractivity contribution in [3.05, 3.63) is 95.6 Å². The number of rotatable bonds is 8. The first-order valence-electron chi connectivity index (χ1n) is 9.57. The SMILES string of the molecule is CC(=O)c1cccc(NC(=O)C(OC(=O)c2ccccc2SC(F)F)c2ccccc2)c1. The molecule has 0 heterocycles. The topological polar surface area (TPSA) is 72.5 Å². The number of Topliss-reactive ketones (excluding diaryl/α,β-unsaturated/α-hetero) is 1. The number of anilines is 1. The summed E-state index contributed by atoms with van der Waals surface area (Å²) in [7, 11) is 0. The van der Waals surface area contributed by atoms with Crippen molar-refractivity contribution in [3.8, 4) is 0 Å². The summed E-state index contributed by atoms with van der Waals surface area (Å²) < 4.78 is 31.2. The van der Waals surface area contributed by atoms with Crippen molar-refractivity contribution < 1.29 is 27.9 Å². The van der Waals surface area contributed by atoms with E-state index in [1.807, 2.05) is 0 Å². The summed E-state index contributed by atoms with van der Waals surface area (Å²) in [5.41, 5.74) is 1.10. The Labute approximate surface area is 187 Å². The summed E-state index contributed by atoms with van der Waals surface area (Å²) in [6.07, 6.45) is -1.34. The fraction of sp³-hybridized carbons (Fsp3) is 0.125. The summed E-state index contributed by atoms with van der Waals surface area (Å²) in [4.78, 5) is 37.5. The van der Waals surface area contributed by atoms with Crippen LogP contribution in [0.2, 0.25) is 0 Å². The predicted octanol–water partition coefficient (Wildman–Crippen LogP) is 5.74. The molecule has 0 aliphatic heterocycles. The number of nitrogens with one attached hydrogen (secondary N) is 1. The first kappa shape index (κ1) is 23.1. The average molecular weight is 455 g/mol. The third-order valence-corrected chi connectivity index (χ3v) is 5.21. The lowest BCUT2D eigenvalue weighted by Gasteiger charge is -2.19. The van der Waals surface area contributed by atoms with Gasteiger partial charge in [-0.1, -0.05) is 66.4 Å². The monoisotopic (exact) mass is 455 g/mol. The molecule has 0 aromatic heterocycles. The van der Waals surface area contributed by atoms with Crippen molar-refractivity contribution in [1.29, 1.82) is 0 Å². The second kappa shape index (κ2) is 10.7. The van der Waals surface area contributed by atoms with Gasteiger partial charge in [0.25, 0.3) is 11.7 Å². The number of alkyl halides is 2. The molecule has 3 aromatic carbocycles. The molecule has 164 valence electrons. The Morgan fingerprint density at radius 2 is 1.59 bits per heavy atom. The Morgan fingerprint density at radius 3 is 2.28 bits per heavy atom. The number of benzene rings is 3. The van der Waals surface area contributed by atoms with Crippen LogP contribution in [0.1, 0.15) is 39.3 Å². The van der Waals surface area contributed by atoms with E-state index in [0.29, 0.717) is 16.8 Å². The molecule has 0 bridgehead atoms. The van der Waals surface area contributed by atoms with Gasteiger partial charge in [0, 0.05) is 21.7 Å². The lowest BCUT2D eigenvalue weighted by Crippen LogP contribution is -2.26. The lowest BCUT2D eigenvalue weighted by molar-refractivity contribution is -0.125. The van der Waals surface area contributed by atoms with Crippen LogP contribution in [0.25, 0.3) is 0 Å². The molecule has 0 saturated heterocycles. The Hall–Kier alpha value is -3.52. The van der Waals surface area contributed by atoms with Crippen LogP contribution in [-0.4, -0.2) is 23.4 Å². The van der Waals surface area contributed by atoms with Crippen molar-refractivity contribution in [2.24, 2.45) is 0 Å². The zero-order valence-corrected chi connectivity index (χ0v) is 17.8. The first-order valence-corrected chi connectivity index (χ1v) is 10.4. The van der Waals surface area contributed by atoms with Crippen LogP contribution in [0.3, 0.4) is 0 Å². The van der Waals surface area contributed by atoms with Gasteiger partial charge in [-0.3, -0.25) is 9.59 Å². The van der Waals surface area contributed by atoms with E-state index in [1.54, 1.807) is 48.5 Å². The molecule has 0 fully saturated rings. The summed E-state index contributed by atoms with van der Waals surface area (Å²) >= 11 is 0.225. The molecule has 5 nitrogen and oxygen atoms in total. The number of halogens is 2. The van der Waals surface area contributed by atoms with Gasteiger partial charge >= 0.3 is 5.97 Å². The minimum Gasteiger partial charge on any atom is -0.444 e. The smallest absolute Gasteiger partial charge is 0.340 e. The second-order valence-electron chi connectivity index (χ2n) is 6.70. The number of ether oxygens (including phenoxy) is 1. The molecule has 0 spiro atoms. The molecule has 1 amide bonds. The predicted molar refractivity (Wildman–Crippen MR) is 118 cm³/mol. The second-order valence-corrected chi connectivity index (χ2v) is 7.73. The third kappa shape index (κ3) is 6.01. The van der Waals surface area contributed by atoms with E-state index in [9.17, 15) is 23.2 Å². The van der Waals surface area contributed by atoms with Gasteiger partial charge in [0.05, 0.1) is 5.56 Å². The van der Waals surface area contributed by atoms with E-state index >= 15 is 0 Å². The summed E-state index contributed by atoms with van der Waals surface area (Å²) in [5, 5.41) is 2.65. The molecule has 3 aromatic rings. The van der Waals surface area contributed by atoms with Gasteiger partial charge in [-0.2, -0.15) is 8.78 Å². The van der Waals surface area contributed by atoms with Crippen molar-refractivity contribution in [2.45, 2.75) is 23.7 Å². The molecular weight excluding hydrogens is 436 g/mol. The maximum Gasteiger partial charge on any atom is 0.340 e. The van der Waals surface area contributed by atoms with E-state index in [-0.39, 0.29) is 28.0 Å². The van der Waals surface area contributed by atoms with E-state index in [4.69, 9.17) is 4.74 Å². The van der Waals surface area contributed by atoms with Crippen LogP contribution < -0.4 is 5.32 Å². The minimum absolute atomic E-state index is 0.0499. The Morgan fingerprint density at radius 1 is 0.906 bits per heavy atom. The van der Waals surface area contributed by atoms with Crippen LogP contribution in [0.15, 0.2) is 83.8 Å². The number of ketones is 1. The minimum atomic E-state index is -2.72. The average Bonchev–Trinajstić information content (AvgIpc) is 2.78. The van der Waals surface area contributed by atoms with Gasteiger partial charge in [0.15, 0.2) is 5.78 Å². The molecular formula is C24H19F2NO4S. The number of hydrogen-bond acceptors (Lipinski definition) is 5. The van der Waals surface area contributed by atoms with Gasteiger partial charge in [-0.25, -0.2) is 4.79 Å². The molecule has 1 atom stereocenters. The van der Waals surface area contributed by atoms with Gasteiger partial charge < -0.3 is 10.1 Å². The molecule has 8 heteroatoms. The van der Waals surface area contributed by atoms with Crippen molar-refractivity contribution in [2.75, 3.05) is 5.32 Å². The van der Waals surface area contributed by atoms with E-state index < -0.39 is 23.7 Å². The first-order chi connectivity index (χ1) is 15.3. The zero-order valence-electron chi connectivity index (χ0n) is 17.0. The summed E-state index contributed by atoms with van der Waals surface area (Å²) in [6, 6.07) is 20.5. The van der Waals surface area contributed by atoms with Crippen LogP contribution in [0.4, 0.5) is 14.5 Å².